The van der Waals surface area contributed by atoms with E-state index in [0.29, 0.717) is 5.02 Å². The van der Waals surface area contributed by atoms with Gasteiger partial charge in [-0.25, -0.2) is 9.50 Å². The van der Waals surface area contributed by atoms with Crippen LogP contribution in [0.25, 0.3) is 16.2 Å². The molecule has 120 valence electrons. The van der Waals surface area contributed by atoms with Gasteiger partial charge in [0.15, 0.2) is 0 Å². The summed E-state index contributed by atoms with van der Waals surface area (Å²) >= 11 is 7.59. The third-order valence-electron chi connectivity index (χ3n) is 3.85. The van der Waals surface area contributed by atoms with Crippen molar-refractivity contribution in [3.8, 4) is 11.3 Å². The molecule has 0 saturated carbocycles. The van der Waals surface area contributed by atoms with E-state index in [1.807, 2.05) is 36.5 Å². The highest BCUT2D eigenvalue weighted by atomic mass is 35.5. The van der Waals surface area contributed by atoms with E-state index in [9.17, 15) is 0 Å². The molecule has 0 atom stereocenters. The first-order valence-corrected chi connectivity index (χ1v) is 8.79. The van der Waals surface area contributed by atoms with E-state index in [2.05, 4.69) is 40.5 Å². The molecule has 0 aliphatic rings. The number of imidazole rings is 1. The van der Waals surface area contributed by atoms with Crippen molar-refractivity contribution >= 4 is 33.0 Å². The van der Waals surface area contributed by atoms with Crippen molar-refractivity contribution in [2.75, 3.05) is 5.32 Å². The lowest BCUT2D eigenvalue weighted by molar-refractivity contribution is 0.960. The highest BCUT2D eigenvalue weighted by Gasteiger charge is 2.10. The minimum absolute atomic E-state index is 0.706. The molecule has 0 radical (unpaired) electrons. The van der Waals surface area contributed by atoms with Crippen molar-refractivity contribution in [3.63, 3.8) is 0 Å². The lowest BCUT2D eigenvalue weighted by Crippen LogP contribution is -2.01. The van der Waals surface area contributed by atoms with Crippen molar-refractivity contribution in [1.82, 2.24) is 14.6 Å². The number of nitrogens with one attached hydrogen (secondary N) is 1. The summed E-state index contributed by atoms with van der Waals surface area (Å²) in [6.07, 6.45) is 1.93. The van der Waals surface area contributed by atoms with E-state index < -0.39 is 0 Å². The third-order valence-corrected chi connectivity index (χ3v) is 4.97. The van der Waals surface area contributed by atoms with Crippen LogP contribution in [0.3, 0.4) is 0 Å². The molecule has 0 bridgehead atoms. The van der Waals surface area contributed by atoms with E-state index >= 15 is 0 Å². The Hall–Kier alpha value is -2.37. The molecular weight excluding hydrogens is 340 g/mol. The standard InChI is InChI=1S/C18H15ClN4S/c1-12-5-2-3-6-14(12)10-20-17-22-23-11-16(21-18(23)24-17)13-7-4-8-15(19)9-13/h2-9,11H,10H2,1H3,(H,20,22). The number of hydrogen-bond acceptors (Lipinski definition) is 4. The van der Waals surface area contributed by atoms with Gasteiger partial charge in [0.25, 0.3) is 0 Å². The summed E-state index contributed by atoms with van der Waals surface area (Å²) < 4.78 is 1.81. The van der Waals surface area contributed by atoms with Gasteiger partial charge < -0.3 is 5.32 Å². The van der Waals surface area contributed by atoms with Gasteiger partial charge in [0, 0.05) is 17.1 Å². The predicted octanol–water partition coefficient (Wildman–Crippen LogP) is 5.03. The summed E-state index contributed by atoms with van der Waals surface area (Å²) in [6, 6.07) is 16.0. The Morgan fingerprint density at radius 2 is 2.04 bits per heavy atom. The fourth-order valence-electron chi connectivity index (χ4n) is 2.54. The summed E-state index contributed by atoms with van der Waals surface area (Å²) in [5, 5.41) is 9.49. The summed E-state index contributed by atoms with van der Waals surface area (Å²) in [6.45, 7) is 2.87. The van der Waals surface area contributed by atoms with Crippen LogP contribution in [-0.4, -0.2) is 14.6 Å². The molecule has 4 nitrogen and oxygen atoms in total. The second-order valence-corrected chi connectivity index (χ2v) is 6.94. The van der Waals surface area contributed by atoms with Gasteiger partial charge in [0.2, 0.25) is 10.1 Å². The van der Waals surface area contributed by atoms with E-state index in [0.717, 1.165) is 27.9 Å². The molecule has 0 aliphatic heterocycles. The molecule has 24 heavy (non-hydrogen) atoms. The molecule has 2 aromatic carbocycles. The molecule has 4 rings (SSSR count). The van der Waals surface area contributed by atoms with Crippen molar-refractivity contribution in [1.29, 1.82) is 0 Å². The monoisotopic (exact) mass is 354 g/mol. The van der Waals surface area contributed by atoms with Crippen LogP contribution in [0.2, 0.25) is 5.02 Å². The van der Waals surface area contributed by atoms with E-state index in [1.54, 1.807) is 4.52 Å². The second-order valence-electron chi connectivity index (χ2n) is 5.55. The summed E-state index contributed by atoms with van der Waals surface area (Å²) in [5.74, 6) is 0. The molecule has 4 aromatic rings. The second kappa shape index (κ2) is 6.26. The maximum atomic E-state index is 6.05. The third kappa shape index (κ3) is 3.00. The number of benzene rings is 2. The minimum Gasteiger partial charge on any atom is -0.356 e. The Morgan fingerprint density at radius 1 is 1.17 bits per heavy atom. The zero-order chi connectivity index (χ0) is 16.5. The topological polar surface area (TPSA) is 42.2 Å². The SMILES string of the molecule is Cc1ccccc1CNc1nn2cc(-c3cccc(Cl)c3)nc2s1. The van der Waals surface area contributed by atoms with E-state index in [4.69, 9.17) is 11.6 Å². The molecular formula is C18H15ClN4S. The highest BCUT2D eigenvalue weighted by Crippen LogP contribution is 2.26. The molecule has 0 amide bonds. The van der Waals surface area contributed by atoms with Gasteiger partial charge in [0.1, 0.15) is 0 Å². The molecule has 2 heterocycles. The number of aromatic nitrogens is 3. The Labute approximate surface area is 148 Å². The first kappa shape index (κ1) is 15.2. The van der Waals surface area contributed by atoms with Crippen molar-refractivity contribution in [2.24, 2.45) is 0 Å². The quantitative estimate of drug-likeness (QED) is 0.558. The van der Waals surface area contributed by atoms with Gasteiger partial charge in [-0.3, -0.25) is 0 Å². The maximum absolute atomic E-state index is 6.05. The van der Waals surface area contributed by atoms with Crippen LogP contribution in [0.4, 0.5) is 5.13 Å². The molecule has 0 aliphatic carbocycles. The van der Waals surface area contributed by atoms with Crippen molar-refractivity contribution in [2.45, 2.75) is 13.5 Å². The van der Waals surface area contributed by atoms with Crippen LogP contribution >= 0.6 is 22.9 Å². The van der Waals surface area contributed by atoms with Crippen molar-refractivity contribution < 1.29 is 0 Å². The van der Waals surface area contributed by atoms with Gasteiger partial charge in [-0.2, -0.15) is 0 Å². The molecule has 0 unspecified atom stereocenters. The average Bonchev–Trinajstić information content (AvgIpc) is 3.12. The lowest BCUT2D eigenvalue weighted by atomic mass is 10.1. The average molecular weight is 355 g/mol. The highest BCUT2D eigenvalue weighted by molar-refractivity contribution is 7.20. The minimum atomic E-state index is 0.706. The van der Waals surface area contributed by atoms with Gasteiger partial charge in [-0.15, -0.1) is 5.10 Å². The number of anilines is 1. The number of fused-ring (bicyclic) bond motifs is 1. The first-order valence-electron chi connectivity index (χ1n) is 7.59. The largest absolute Gasteiger partial charge is 0.356 e. The van der Waals surface area contributed by atoms with Crippen molar-refractivity contribution in [3.05, 3.63) is 70.9 Å². The zero-order valence-electron chi connectivity index (χ0n) is 13.0. The Balaban J connectivity index is 1.55. The van der Waals surface area contributed by atoms with Gasteiger partial charge in [-0.05, 0) is 30.2 Å². The number of nitrogens with zero attached hydrogens (tertiary/aromatic N) is 3. The molecule has 2 aromatic heterocycles. The normalized spacial score (nSPS) is 11.1. The predicted molar refractivity (Wildman–Crippen MR) is 99.8 cm³/mol. The number of rotatable bonds is 4. The maximum Gasteiger partial charge on any atom is 0.214 e. The Bertz CT molecular complexity index is 974. The van der Waals surface area contributed by atoms with Crippen LogP contribution in [0.15, 0.2) is 54.7 Å². The molecule has 0 spiro atoms. The molecule has 0 fully saturated rings. The fourth-order valence-corrected chi connectivity index (χ4v) is 3.51. The van der Waals surface area contributed by atoms with E-state index in [1.165, 1.54) is 22.5 Å². The summed E-state index contributed by atoms with van der Waals surface area (Å²) in [5.41, 5.74) is 4.41. The summed E-state index contributed by atoms with van der Waals surface area (Å²) in [4.78, 5) is 5.50. The number of hydrogen-bond donors (Lipinski definition) is 1. The Kier molecular flexibility index (Phi) is 3.96. The van der Waals surface area contributed by atoms with Crippen LogP contribution < -0.4 is 5.32 Å². The number of aryl methyl sites for hydroxylation is 1. The molecule has 6 heteroatoms. The van der Waals surface area contributed by atoms with Crippen LogP contribution in [0.5, 0.6) is 0 Å². The molecule has 1 N–H and O–H groups in total. The van der Waals surface area contributed by atoms with E-state index in [-0.39, 0.29) is 0 Å². The fraction of sp³-hybridized carbons (Fsp3) is 0.111. The van der Waals surface area contributed by atoms with Crippen LogP contribution in [0, 0.1) is 6.92 Å². The molecule has 0 saturated heterocycles. The summed E-state index contributed by atoms with van der Waals surface area (Å²) in [7, 11) is 0. The van der Waals surface area contributed by atoms with Crippen LogP contribution in [0.1, 0.15) is 11.1 Å². The zero-order valence-corrected chi connectivity index (χ0v) is 14.6. The van der Waals surface area contributed by atoms with Gasteiger partial charge in [-0.1, -0.05) is 59.3 Å². The van der Waals surface area contributed by atoms with Gasteiger partial charge >= 0.3 is 0 Å². The smallest absolute Gasteiger partial charge is 0.214 e. The van der Waals surface area contributed by atoms with Gasteiger partial charge in [0.05, 0.1) is 11.9 Å². The van der Waals surface area contributed by atoms with Crippen LogP contribution in [-0.2, 0) is 6.54 Å². The Morgan fingerprint density at radius 3 is 2.83 bits per heavy atom. The first-order chi connectivity index (χ1) is 11.7. The number of halogens is 1. The lowest BCUT2D eigenvalue weighted by Gasteiger charge is -2.05.